The van der Waals surface area contributed by atoms with Gasteiger partial charge < -0.3 is 9.64 Å². The molecule has 1 saturated heterocycles. The van der Waals surface area contributed by atoms with E-state index < -0.39 is 10.0 Å². The van der Waals surface area contributed by atoms with Crippen LogP contribution in [0.3, 0.4) is 0 Å². The Labute approximate surface area is 152 Å². The second-order valence-electron chi connectivity index (χ2n) is 7.19. The van der Waals surface area contributed by atoms with Gasteiger partial charge in [0.15, 0.2) is 0 Å². The van der Waals surface area contributed by atoms with Crippen LogP contribution in [0, 0.1) is 6.92 Å². The molecule has 2 rings (SSSR count). The highest BCUT2D eigenvalue weighted by atomic mass is 32.2. The monoisotopic (exact) mass is 369 g/mol. The Bertz CT molecular complexity index is 679. The van der Waals surface area contributed by atoms with E-state index in [1.807, 2.05) is 6.92 Å². The van der Waals surface area contributed by atoms with E-state index in [2.05, 4.69) is 37.7 Å². The van der Waals surface area contributed by atoms with Gasteiger partial charge in [0.25, 0.3) is 0 Å². The number of sulfonamides is 1. The van der Waals surface area contributed by atoms with E-state index in [4.69, 9.17) is 4.74 Å². The molecule has 0 saturated carbocycles. The van der Waals surface area contributed by atoms with Crippen LogP contribution in [0.5, 0.6) is 5.75 Å². The molecule has 7 heteroatoms. The lowest BCUT2D eigenvalue weighted by Gasteiger charge is -2.44. The molecule has 1 aliphatic rings. The van der Waals surface area contributed by atoms with Crippen molar-refractivity contribution in [3.8, 4) is 5.75 Å². The molecule has 1 aromatic carbocycles. The molecule has 0 bridgehead atoms. The van der Waals surface area contributed by atoms with Crippen LogP contribution in [0.2, 0.25) is 0 Å². The van der Waals surface area contributed by atoms with Gasteiger partial charge in [0.1, 0.15) is 5.75 Å². The quantitative estimate of drug-likeness (QED) is 0.763. The van der Waals surface area contributed by atoms with Gasteiger partial charge in [-0.2, -0.15) is 4.31 Å². The summed E-state index contributed by atoms with van der Waals surface area (Å²) in [5.41, 5.74) is 0.717. The van der Waals surface area contributed by atoms with Crippen molar-refractivity contribution in [2.24, 2.45) is 0 Å². The zero-order valence-electron chi connectivity index (χ0n) is 16.2. The van der Waals surface area contributed by atoms with Crippen LogP contribution in [0.4, 0.5) is 0 Å². The molecular formula is C18H31N3O3S. The van der Waals surface area contributed by atoms with Crippen LogP contribution in [-0.4, -0.2) is 82.0 Å². The summed E-state index contributed by atoms with van der Waals surface area (Å²) in [6, 6.07) is 5.51. The third-order valence-electron chi connectivity index (χ3n) is 4.87. The summed E-state index contributed by atoms with van der Waals surface area (Å²) in [6.45, 7) is 8.99. The van der Waals surface area contributed by atoms with Gasteiger partial charge >= 0.3 is 0 Å². The van der Waals surface area contributed by atoms with E-state index in [-0.39, 0.29) is 12.1 Å². The van der Waals surface area contributed by atoms with Gasteiger partial charge in [-0.25, -0.2) is 8.42 Å². The molecule has 0 N–H and O–H groups in total. The Morgan fingerprint density at radius 3 is 2.28 bits per heavy atom. The molecule has 0 aliphatic carbocycles. The molecule has 6 nitrogen and oxygen atoms in total. The van der Waals surface area contributed by atoms with Crippen molar-refractivity contribution in [2.45, 2.75) is 37.8 Å². The highest BCUT2D eigenvalue weighted by Gasteiger charge is 2.36. The number of hydrogen-bond donors (Lipinski definition) is 0. The zero-order chi connectivity index (χ0) is 18.8. The summed E-state index contributed by atoms with van der Waals surface area (Å²) in [7, 11) is 2.20. The van der Waals surface area contributed by atoms with Crippen LogP contribution in [-0.2, 0) is 10.0 Å². The Hall–Kier alpha value is -1.15. The first kappa shape index (κ1) is 20.2. The molecule has 25 heavy (non-hydrogen) atoms. The van der Waals surface area contributed by atoms with Gasteiger partial charge in [0.2, 0.25) is 10.0 Å². The molecule has 1 fully saturated rings. The number of piperazine rings is 1. The van der Waals surface area contributed by atoms with E-state index >= 15 is 0 Å². The molecule has 0 spiro atoms. The summed E-state index contributed by atoms with van der Waals surface area (Å²) in [6.07, 6.45) is 0. The second-order valence-corrected chi connectivity index (χ2v) is 9.10. The summed E-state index contributed by atoms with van der Waals surface area (Å²) < 4.78 is 33.1. The first-order valence-corrected chi connectivity index (χ1v) is 10.2. The Balaban J connectivity index is 2.19. The minimum absolute atomic E-state index is 0.192. The fraction of sp³-hybridized carbons (Fsp3) is 0.667. The average Bonchev–Trinajstić information content (AvgIpc) is 2.53. The number of ether oxygens (including phenoxy) is 1. The smallest absolute Gasteiger partial charge is 0.243 e. The van der Waals surface area contributed by atoms with Crippen molar-refractivity contribution in [3.63, 3.8) is 0 Å². The minimum Gasteiger partial charge on any atom is -0.497 e. The van der Waals surface area contributed by atoms with Crippen molar-refractivity contribution in [3.05, 3.63) is 23.8 Å². The van der Waals surface area contributed by atoms with Crippen LogP contribution in [0.15, 0.2) is 23.1 Å². The lowest BCUT2D eigenvalue weighted by Crippen LogP contribution is -2.58. The number of benzene rings is 1. The number of methoxy groups -OCH3 is 1. The van der Waals surface area contributed by atoms with Crippen molar-refractivity contribution in [2.75, 3.05) is 47.4 Å². The standard InChI is InChI=1S/C18H31N3O3S/c1-14-11-17(24-6)7-8-18(14)25(22,23)20-12-15(2)21(16(3)13-20)10-9-19(4)5/h7-8,11,15-16H,9-10,12-13H2,1-6H3. The molecule has 2 atom stereocenters. The number of aryl methyl sites for hydroxylation is 1. The summed E-state index contributed by atoms with van der Waals surface area (Å²) >= 11 is 0. The Morgan fingerprint density at radius 1 is 1.20 bits per heavy atom. The van der Waals surface area contributed by atoms with Gasteiger partial charge in [0, 0.05) is 38.3 Å². The van der Waals surface area contributed by atoms with E-state index in [1.165, 1.54) is 0 Å². The summed E-state index contributed by atoms with van der Waals surface area (Å²) in [5.74, 6) is 0.673. The molecule has 1 aliphatic heterocycles. The average molecular weight is 370 g/mol. The fourth-order valence-corrected chi connectivity index (χ4v) is 5.25. The fourth-order valence-electron chi connectivity index (χ4n) is 3.44. The Morgan fingerprint density at radius 2 is 1.80 bits per heavy atom. The number of nitrogens with zero attached hydrogens (tertiary/aromatic N) is 3. The Kier molecular flexibility index (Phi) is 6.48. The first-order chi connectivity index (χ1) is 11.7. The number of likely N-dealkylation sites (N-methyl/N-ethyl adjacent to an activating group) is 1. The molecule has 2 unspecified atom stereocenters. The van der Waals surface area contributed by atoms with Gasteiger partial charge in [-0.3, -0.25) is 4.90 Å². The van der Waals surface area contributed by atoms with Gasteiger partial charge in [-0.15, -0.1) is 0 Å². The van der Waals surface area contributed by atoms with Crippen molar-refractivity contribution >= 4 is 10.0 Å². The van der Waals surface area contributed by atoms with E-state index in [9.17, 15) is 8.42 Å². The maximum atomic E-state index is 13.1. The largest absolute Gasteiger partial charge is 0.497 e. The molecule has 1 aromatic rings. The maximum Gasteiger partial charge on any atom is 0.243 e. The third-order valence-corrected chi connectivity index (χ3v) is 6.87. The van der Waals surface area contributed by atoms with Gasteiger partial charge in [-0.05, 0) is 58.6 Å². The van der Waals surface area contributed by atoms with Gasteiger partial charge in [-0.1, -0.05) is 0 Å². The van der Waals surface area contributed by atoms with Crippen LogP contribution in [0.1, 0.15) is 19.4 Å². The van der Waals surface area contributed by atoms with Crippen molar-refractivity contribution in [1.82, 2.24) is 14.1 Å². The van der Waals surface area contributed by atoms with Gasteiger partial charge in [0.05, 0.1) is 12.0 Å². The highest BCUT2D eigenvalue weighted by Crippen LogP contribution is 2.27. The molecule has 142 valence electrons. The zero-order valence-corrected chi connectivity index (χ0v) is 17.0. The van der Waals surface area contributed by atoms with Crippen LogP contribution in [0.25, 0.3) is 0 Å². The lowest BCUT2D eigenvalue weighted by molar-refractivity contribution is 0.0708. The van der Waals surface area contributed by atoms with E-state index in [1.54, 1.807) is 29.6 Å². The summed E-state index contributed by atoms with van der Waals surface area (Å²) in [4.78, 5) is 4.92. The first-order valence-electron chi connectivity index (χ1n) is 8.72. The second kappa shape index (κ2) is 8.03. The topological polar surface area (TPSA) is 53.1 Å². The summed E-state index contributed by atoms with van der Waals surface area (Å²) in [5, 5.41) is 0. The minimum atomic E-state index is -3.50. The molecule has 0 amide bonds. The number of hydrogen-bond acceptors (Lipinski definition) is 5. The van der Waals surface area contributed by atoms with E-state index in [0.717, 1.165) is 18.7 Å². The maximum absolute atomic E-state index is 13.1. The van der Waals surface area contributed by atoms with Crippen LogP contribution >= 0.6 is 0 Å². The molecule has 0 aromatic heterocycles. The lowest BCUT2D eigenvalue weighted by atomic mass is 10.1. The van der Waals surface area contributed by atoms with Crippen molar-refractivity contribution < 1.29 is 13.2 Å². The predicted octanol–water partition coefficient (Wildman–Crippen LogP) is 1.65. The SMILES string of the molecule is COc1ccc(S(=O)(=O)N2CC(C)N(CCN(C)C)C(C)C2)c(C)c1. The molecular weight excluding hydrogens is 338 g/mol. The molecule has 1 heterocycles. The van der Waals surface area contributed by atoms with Crippen molar-refractivity contribution in [1.29, 1.82) is 0 Å². The highest BCUT2D eigenvalue weighted by molar-refractivity contribution is 7.89. The van der Waals surface area contributed by atoms with E-state index in [0.29, 0.717) is 23.7 Å². The normalized spacial score (nSPS) is 23.2. The molecule has 0 radical (unpaired) electrons. The van der Waals surface area contributed by atoms with Crippen LogP contribution < -0.4 is 4.74 Å². The predicted molar refractivity (Wildman–Crippen MR) is 101 cm³/mol. The number of rotatable bonds is 6. The third kappa shape index (κ3) is 4.53.